The van der Waals surface area contributed by atoms with E-state index in [1.807, 2.05) is 0 Å². The summed E-state index contributed by atoms with van der Waals surface area (Å²) in [5, 5.41) is 0. The van der Waals surface area contributed by atoms with E-state index in [9.17, 15) is 4.39 Å². The van der Waals surface area contributed by atoms with Crippen LogP contribution in [0.2, 0.25) is 0 Å². The SMILES string of the molecule is [Li][c]1c(I)ccnc1F. The van der Waals surface area contributed by atoms with Crippen molar-refractivity contribution in [3.8, 4) is 0 Å². The molecule has 0 fully saturated rings. The minimum absolute atomic E-state index is 0.373. The van der Waals surface area contributed by atoms with Gasteiger partial charge in [0.05, 0.1) is 0 Å². The maximum atomic E-state index is 12.5. The zero-order valence-electron chi connectivity index (χ0n) is 4.86. The maximum absolute atomic E-state index is 12.5. The van der Waals surface area contributed by atoms with E-state index in [0.29, 0.717) is 4.24 Å². The fourth-order valence-corrected chi connectivity index (χ4v) is 0.872. The Kier molecular flexibility index (Phi) is 2.50. The van der Waals surface area contributed by atoms with Crippen molar-refractivity contribution >= 4 is 44.5 Å². The molecule has 0 radical (unpaired) electrons. The fraction of sp³-hybridized carbons (Fsp3) is 0. The Morgan fingerprint density at radius 3 is 2.78 bits per heavy atom. The van der Waals surface area contributed by atoms with Crippen molar-refractivity contribution in [1.29, 1.82) is 0 Å². The van der Waals surface area contributed by atoms with Crippen molar-refractivity contribution in [2.45, 2.75) is 0 Å². The number of pyridine rings is 1. The Hall–Kier alpha value is 0.407. The van der Waals surface area contributed by atoms with Crippen LogP contribution in [-0.4, -0.2) is 22.7 Å². The molecule has 0 saturated carbocycles. The van der Waals surface area contributed by atoms with Gasteiger partial charge in [-0.2, -0.15) is 0 Å². The number of hydrogen-bond acceptors (Lipinski definition) is 1. The first-order chi connectivity index (χ1) is 4.22. The Bertz CT molecular complexity index is 208. The van der Waals surface area contributed by atoms with E-state index in [4.69, 9.17) is 0 Å². The Morgan fingerprint density at radius 1 is 1.67 bits per heavy atom. The molecule has 1 aromatic heterocycles. The van der Waals surface area contributed by atoms with E-state index in [2.05, 4.69) is 27.6 Å². The van der Waals surface area contributed by atoms with Crippen LogP contribution in [0.25, 0.3) is 0 Å². The summed E-state index contributed by atoms with van der Waals surface area (Å²) >= 11 is 3.78. The molecule has 0 aromatic carbocycles. The van der Waals surface area contributed by atoms with Gasteiger partial charge in [-0.05, 0) is 0 Å². The third kappa shape index (κ3) is 1.66. The van der Waals surface area contributed by atoms with Crippen molar-refractivity contribution in [3.05, 3.63) is 21.8 Å². The molecule has 0 aliphatic rings. The van der Waals surface area contributed by atoms with Crippen molar-refractivity contribution < 1.29 is 4.39 Å². The zero-order chi connectivity index (χ0) is 6.85. The van der Waals surface area contributed by atoms with Gasteiger partial charge in [0.1, 0.15) is 0 Å². The molecule has 1 rings (SSSR count). The van der Waals surface area contributed by atoms with Gasteiger partial charge in [-0.25, -0.2) is 0 Å². The molecule has 1 aromatic rings. The molecule has 9 heavy (non-hydrogen) atoms. The van der Waals surface area contributed by atoms with Crippen LogP contribution in [0.4, 0.5) is 4.39 Å². The predicted molar refractivity (Wildman–Crippen MR) is 42.3 cm³/mol. The molecule has 1 nitrogen and oxygen atoms in total. The molecule has 0 amide bonds. The first-order valence-electron chi connectivity index (χ1n) is 2.48. The topological polar surface area (TPSA) is 12.9 Å². The summed E-state index contributed by atoms with van der Waals surface area (Å²) in [4.78, 5) is 3.47. The van der Waals surface area contributed by atoms with Crippen LogP contribution in [0.5, 0.6) is 0 Å². The van der Waals surface area contributed by atoms with Gasteiger partial charge in [0.25, 0.3) is 0 Å². The molecule has 0 aliphatic heterocycles. The molecule has 0 N–H and O–H groups in total. The number of hydrogen-bond donors (Lipinski definition) is 0. The van der Waals surface area contributed by atoms with Gasteiger partial charge < -0.3 is 0 Å². The molecule has 1 heterocycles. The minimum atomic E-state index is -0.373. The van der Waals surface area contributed by atoms with Crippen molar-refractivity contribution in [2.24, 2.45) is 0 Å². The molecule has 42 valence electrons. The normalized spacial score (nSPS) is 9.78. The molecule has 0 spiro atoms. The van der Waals surface area contributed by atoms with E-state index < -0.39 is 0 Å². The quantitative estimate of drug-likeness (QED) is 0.361. The van der Waals surface area contributed by atoms with E-state index in [1.54, 1.807) is 23.8 Å². The monoisotopic (exact) mass is 229 g/mol. The zero-order valence-corrected chi connectivity index (χ0v) is 7.02. The number of halogens is 2. The summed E-state index contributed by atoms with van der Waals surface area (Å²) in [7, 11) is 0. The predicted octanol–water partition coefficient (Wildman–Crippen LogP) is 0.619. The summed E-state index contributed by atoms with van der Waals surface area (Å²) in [5.74, 6) is -0.373. The van der Waals surface area contributed by atoms with Gasteiger partial charge in [-0.15, -0.1) is 0 Å². The molecule has 0 atom stereocenters. The van der Waals surface area contributed by atoms with Gasteiger partial charge in [0.15, 0.2) is 0 Å². The molecule has 0 saturated heterocycles. The average Bonchev–Trinajstić information content (AvgIpc) is 1.83. The number of rotatable bonds is 0. The Morgan fingerprint density at radius 2 is 2.33 bits per heavy atom. The molecule has 0 unspecified atom stereocenters. The van der Waals surface area contributed by atoms with Crippen LogP contribution in [0, 0.1) is 9.52 Å². The van der Waals surface area contributed by atoms with Gasteiger partial charge >= 0.3 is 75.7 Å². The first-order valence-corrected chi connectivity index (χ1v) is 3.56. The van der Waals surface area contributed by atoms with Crippen LogP contribution in [0.1, 0.15) is 0 Å². The van der Waals surface area contributed by atoms with Crippen LogP contribution in [0.15, 0.2) is 12.3 Å². The Labute approximate surface area is 75.4 Å². The molecule has 4 heteroatoms. The average molecular weight is 229 g/mol. The summed E-state index contributed by atoms with van der Waals surface area (Å²) in [6.45, 7) is 0. The summed E-state index contributed by atoms with van der Waals surface area (Å²) in [5.41, 5.74) is 0. The van der Waals surface area contributed by atoms with E-state index in [0.717, 1.165) is 3.57 Å². The van der Waals surface area contributed by atoms with Crippen LogP contribution < -0.4 is 4.24 Å². The van der Waals surface area contributed by atoms with Gasteiger partial charge in [-0.1, -0.05) is 0 Å². The van der Waals surface area contributed by atoms with Crippen LogP contribution in [0.3, 0.4) is 0 Å². The van der Waals surface area contributed by atoms with Gasteiger partial charge in [0.2, 0.25) is 0 Å². The molecule has 0 bridgehead atoms. The molecular weight excluding hydrogens is 227 g/mol. The second-order valence-electron chi connectivity index (χ2n) is 1.71. The summed E-state index contributed by atoms with van der Waals surface area (Å²) in [6, 6.07) is 1.78. The van der Waals surface area contributed by atoms with E-state index >= 15 is 0 Å². The van der Waals surface area contributed by atoms with E-state index in [-0.39, 0.29) is 5.95 Å². The second kappa shape index (κ2) is 3.00. The summed E-state index contributed by atoms with van der Waals surface area (Å²) < 4.78 is 14.0. The van der Waals surface area contributed by atoms with Crippen molar-refractivity contribution in [2.75, 3.05) is 0 Å². The van der Waals surface area contributed by atoms with Crippen molar-refractivity contribution in [3.63, 3.8) is 0 Å². The number of nitrogens with zero attached hydrogens (tertiary/aromatic N) is 1. The summed E-state index contributed by atoms with van der Waals surface area (Å²) in [6.07, 6.45) is 1.46. The third-order valence-corrected chi connectivity index (χ3v) is 2.25. The van der Waals surface area contributed by atoms with Crippen molar-refractivity contribution in [1.82, 2.24) is 4.98 Å². The van der Waals surface area contributed by atoms with Gasteiger partial charge in [0, 0.05) is 0 Å². The third-order valence-electron chi connectivity index (χ3n) is 1.08. The van der Waals surface area contributed by atoms with Gasteiger partial charge in [-0.3, -0.25) is 0 Å². The van der Waals surface area contributed by atoms with E-state index in [1.165, 1.54) is 6.20 Å². The number of aromatic nitrogens is 1. The second-order valence-corrected chi connectivity index (χ2v) is 2.87. The Balaban J connectivity index is 3.25. The first kappa shape index (κ1) is 7.51. The molecule has 0 aliphatic carbocycles. The van der Waals surface area contributed by atoms with Crippen LogP contribution >= 0.6 is 22.6 Å². The van der Waals surface area contributed by atoms with Crippen LogP contribution in [-0.2, 0) is 0 Å². The molecular formula is C5H2FILiN. The fourth-order valence-electron chi connectivity index (χ4n) is 0.489. The standard InChI is InChI=1S/C5H2FIN.Li/c6-5-3-4(7)1-2-8-5;/h1-2H;.